The summed E-state index contributed by atoms with van der Waals surface area (Å²) in [4.78, 5) is 0. The maximum absolute atomic E-state index is 2.45. The summed E-state index contributed by atoms with van der Waals surface area (Å²) in [5, 5.41) is 0. The van der Waals surface area contributed by atoms with Crippen LogP contribution in [0, 0.1) is 23.7 Å². The summed E-state index contributed by atoms with van der Waals surface area (Å²) >= 11 is 0. The summed E-state index contributed by atoms with van der Waals surface area (Å²) in [6, 6.07) is 0. The van der Waals surface area contributed by atoms with Gasteiger partial charge in [-0.2, -0.15) is 0 Å². The average molecular weight is 671 g/mol. The maximum atomic E-state index is 2.45. The molecular formula is C47H106. The van der Waals surface area contributed by atoms with Crippen LogP contribution in [-0.2, 0) is 0 Å². The molecular weight excluding hydrogens is 565 g/mol. The Balaban J connectivity index is -0.000000132. The van der Waals surface area contributed by atoms with Crippen molar-refractivity contribution in [2.75, 3.05) is 0 Å². The van der Waals surface area contributed by atoms with Gasteiger partial charge in [0.25, 0.3) is 0 Å². The average Bonchev–Trinajstić information content (AvgIpc) is 3.02. The second-order valence-electron chi connectivity index (χ2n) is 15.1. The van der Waals surface area contributed by atoms with E-state index in [2.05, 4.69) is 69.2 Å². The summed E-state index contributed by atoms with van der Waals surface area (Å²) in [7, 11) is 0. The van der Waals surface area contributed by atoms with Crippen LogP contribution in [0.2, 0.25) is 0 Å². The lowest BCUT2D eigenvalue weighted by atomic mass is 9.89. The number of hydrogen-bond acceptors (Lipinski definition) is 0. The van der Waals surface area contributed by atoms with Crippen molar-refractivity contribution >= 4 is 0 Å². The van der Waals surface area contributed by atoms with E-state index in [-0.39, 0.29) is 22.3 Å². The van der Waals surface area contributed by atoms with Gasteiger partial charge < -0.3 is 0 Å². The lowest BCUT2D eigenvalue weighted by Gasteiger charge is -2.17. The molecule has 0 N–H and O–H groups in total. The highest BCUT2D eigenvalue weighted by Gasteiger charge is 2.09. The molecule has 0 amide bonds. The number of hydrogen-bond donors (Lipinski definition) is 0. The van der Waals surface area contributed by atoms with Gasteiger partial charge in [-0.25, -0.2) is 0 Å². The molecule has 0 aliphatic rings. The van der Waals surface area contributed by atoms with Gasteiger partial charge in [-0.15, -0.1) is 0 Å². The minimum Gasteiger partial charge on any atom is -0.0776 e. The summed E-state index contributed by atoms with van der Waals surface area (Å²) in [5.74, 6) is 4.00. The molecule has 0 bridgehead atoms. The van der Waals surface area contributed by atoms with Gasteiger partial charge in [0.05, 0.1) is 0 Å². The van der Waals surface area contributed by atoms with Crippen molar-refractivity contribution in [2.45, 2.75) is 284 Å². The molecule has 47 heavy (non-hydrogen) atoms. The Bertz CT molecular complexity index is 453. The predicted molar refractivity (Wildman–Crippen MR) is 229 cm³/mol. The molecule has 0 saturated carbocycles. The van der Waals surface area contributed by atoms with Crippen molar-refractivity contribution in [3.05, 3.63) is 0 Å². The van der Waals surface area contributed by atoms with Gasteiger partial charge >= 0.3 is 0 Å². The number of rotatable bonds is 31. The van der Waals surface area contributed by atoms with E-state index in [9.17, 15) is 0 Å². The van der Waals surface area contributed by atoms with Gasteiger partial charge in [0.15, 0.2) is 0 Å². The largest absolute Gasteiger partial charge is 0.0776 e. The summed E-state index contributed by atoms with van der Waals surface area (Å²) in [6.45, 7) is 23.3. The summed E-state index contributed by atoms with van der Waals surface area (Å²) < 4.78 is 0. The third-order valence-corrected chi connectivity index (χ3v) is 10.0. The molecule has 0 aromatic carbocycles. The normalized spacial score (nSPS) is 12.9. The summed E-state index contributed by atoms with van der Waals surface area (Å²) in [5.41, 5.74) is 0. The zero-order valence-corrected chi connectivity index (χ0v) is 33.5. The van der Waals surface area contributed by atoms with Crippen LogP contribution in [-0.4, -0.2) is 0 Å². The van der Waals surface area contributed by atoms with Crippen LogP contribution >= 0.6 is 0 Å². The molecule has 0 aliphatic carbocycles. The van der Waals surface area contributed by atoms with Crippen LogP contribution in [0.5, 0.6) is 0 Å². The van der Waals surface area contributed by atoms with E-state index < -0.39 is 0 Å². The van der Waals surface area contributed by atoms with Gasteiger partial charge in [-0.05, 0) is 23.7 Å². The predicted octanol–water partition coefficient (Wildman–Crippen LogP) is 19.2. The Kier molecular flexibility index (Phi) is 66.5. The molecule has 0 aromatic rings. The molecule has 0 nitrogen and oxygen atoms in total. The molecule has 0 fully saturated rings. The first-order chi connectivity index (χ1) is 21.4. The highest BCUT2D eigenvalue weighted by molar-refractivity contribution is 4.62. The molecule has 294 valence electrons. The quantitative estimate of drug-likeness (QED) is 0.0644. The minimum atomic E-state index is 0. The molecule has 0 heterocycles. The van der Waals surface area contributed by atoms with Crippen molar-refractivity contribution in [3.8, 4) is 0 Å². The SMILES string of the molecule is C.C.C.CCCCCC(C)CCCC(CCC)CCCC.CCCCCC(CCC)CCCC.CCCCCCC(C)CCCCC. The van der Waals surface area contributed by atoms with Crippen molar-refractivity contribution in [1.82, 2.24) is 0 Å². The maximum Gasteiger partial charge on any atom is -0.0414 e. The third kappa shape index (κ3) is 53.0. The first kappa shape index (κ1) is 59.2. The smallest absolute Gasteiger partial charge is 0.0414 e. The van der Waals surface area contributed by atoms with Crippen LogP contribution in [0.4, 0.5) is 0 Å². The standard InChI is InChI=1S/C18H38.2C13H28.3CH4/c1-5-8-10-13-17(4)14-11-16-18(12-7-3)15-9-6-2;1-4-6-8-10-12-13(3)11-9-7-5-2;1-4-7-9-12-13(10-6-3)11-8-5-2;;;/h17-18H,5-16H2,1-4H3;2*13H,4-12H2,1-3H3;3*1H4. The lowest BCUT2D eigenvalue weighted by molar-refractivity contribution is 0.360. The minimum absolute atomic E-state index is 0. The van der Waals surface area contributed by atoms with Gasteiger partial charge in [0.2, 0.25) is 0 Å². The molecule has 0 rings (SSSR count). The Morgan fingerprint density at radius 3 is 0.830 bits per heavy atom. The Morgan fingerprint density at radius 2 is 0.489 bits per heavy atom. The Morgan fingerprint density at radius 1 is 0.234 bits per heavy atom. The van der Waals surface area contributed by atoms with E-state index in [1.165, 1.54) is 193 Å². The molecule has 4 atom stereocenters. The monoisotopic (exact) mass is 671 g/mol. The fraction of sp³-hybridized carbons (Fsp3) is 1.00. The van der Waals surface area contributed by atoms with Crippen LogP contribution in [0.1, 0.15) is 284 Å². The van der Waals surface area contributed by atoms with Crippen molar-refractivity contribution in [1.29, 1.82) is 0 Å². The summed E-state index contributed by atoms with van der Waals surface area (Å²) in [6.07, 6.45) is 43.0. The van der Waals surface area contributed by atoms with E-state index in [0.717, 1.165) is 23.7 Å². The van der Waals surface area contributed by atoms with Crippen LogP contribution in [0.3, 0.4) is 0 Å². The molecule has 4 unspecified atom stereocenters. The first-order valence-electron chi connectivity index (χ1n) is 21.4. The van der Waals surface area contributed by atoms with E-state index in [4.69, 9.17) is 0 Å². The van der Waals surface area contributed by atoms with Crippen molar-refractivity contribution in [3.63, 3.8) is 0 Å². The Labute approximate surface area is 307 Å². The zero-order valence-electron chi connectivity index (χ0n) is 33.5. The fourth-order valence-electron chi connectivity index (χ4n) is 6.80. The van der Waals surface area contributed by atoms with Crippen LogP contribution in [0.25, 0.3) is 0 Å². The van der Waals surface area contributed by atoms with Crippen LogP contribution < -0.4 is 0 Å². The second-order valence-corrected chi connectivity index (χ2v) is 15.1. The van der Waals surface area contributed by atoms with Gasteiger partial charge in [-0.1, -0.05) is 284 Å². The molecule has 0 radical (unpaired) electrons. The van der Waals surface area contributed by atoms with E-state index in [0.29, 0.717) is 0 Å². The van der Waals surface area contributed by atoms with E-state index in [1.807, 2.05) is 0 Å². The molecule has 0 aromatic heterocycles. The highest BCUT2D eigenvalue weighted by Crippen LogP contribution is 2.24. The fourth-order valence-corrected chi connectivity index (χ4v) is 6.80. The van der Waals surface area contributed by atoms with Gasteiger partial charge in [0, 0.05) is 0 Å². The number of unbranched alkanes of at least 4 members (excludes halogenated alkanes) is 11. The molecule has 0 heteroatoms. The molecule has 0 saturated heterocycles. The molecule has 0 spiro atoms. The van der Waals surface area contributed by atoms with Crippen LogP contribution in [0.15, 0.2) is 0 Å². The molecule has 0 aliphatic heterocycles. The van der Waals surface area contributed by atoms with Crippen molar-refractivity contribution in [2.24, 2.45) is 23.7 Å². The van der Waals surface area contributed by atoms with E-state index >= 15 is 0 Å². The van der Waals surface area contributed by atoms with Gasteiger partial charge in [0.1, 0.15) is 0 Å². The van der Waals surface area contributed by atoms with E-state index in [1.54, 1.807) is 0 Å². The topological polar surface area (TPSA) is 0 Å². The van der Waals surface area contributed by atoms with Crippen molar-refractivity contribution < 1.29 is 0 Å². The zero-order chi connectivity index (χ0) is 33.5. The first-order valence-corrected chi connectivity index (χ1v) is 21.4. The lowest BCUT2D eigenvalue weighted by Crippen LogP contribution is -2.02. The Hall–Kier alpha value is 0. The van der Waals surface area contributed by atoms with Gasteiger partial charge in [-0.3, -0.25) is 0 Å². The highest BCUT2D eigenvalue weighted by atomic mass is 14.2. The third-order valence-electron chi connectivity index (χ3n) is 10.0. The second kappa shape index (κ2) is 52.8.